The molecule has 1 heterocycles. The average molecular weight is 501 g/mol. The van der Waals surface area contributed by atoms with Crippen molar-refractivity contribution >= 4 is 40.6 Å². The standard InChI is InChI=1S/C23H21Cl2F3N2O3/c1-3-6-29-21(32)11-20(31)18-5-4-14(7-13(18)2)19-12-22(33-30-19,23(26,27)28)15-8-16(24)10-17(25)9-15/h4-5,7-10H,3,6,11-12H2,1-2H3,(H,29,32). The number of halogens is 5. The monoisotopic (exact) mass is 500 g/mol. The molecule has 1 aliphatic rings. The number of ketones is 1. The number of nitrogens with zero attached hydrogens (tertiary/aromatic N) is 1. The van der Waals surface area contributed by atoms with Crippen LogP contribution in [-0.2, 0) is 15.2 Å². The van der Waals surface area contributed by atoms with E-state index in [1.165, 1.54) is 18.2 Å². The molecule has 10 heteroatoms. The van der Waals surface area contributed by atoms with Gasteiger partial charge in [0, 0.05) is 34.1 Å². The van der Waals surface area contributed by atoms with Gasteiger partial charge in [0.2, 0.25) is 5.91 Å². The first-order chi connectivity index (χ1) is 15.5. The van der Waals surface area contributed by atoms with Gasteiger partial charge in [-0.3, -0.25) is 9.59 Å². The van der Waals surface area contributed by atoms with Crippen LogP contribution in [0.25, 0.3) is 0 Å². The molecule has 0 fully saturated rings. The first-order valence-corrected chi connectivity index (χ1v) is 10.9. The fraction of sp³-hybridized carbons (Fsp3) is 0.348. The number of carbonyl (C=O) groups excluding carboxylic acids is 2. The lowest BCUT2D eigenvalue weighted by Crippen LogP contribution is -2.42. The maximum Gasteiger partial charge on any atom is 0.435 e. The van der Waals surface area contributed by atoms with Crippen LogP contribution in [0.3, 0.4) is 0 Å². The topological polar surface area (TPSA) is 67.8 Å². The van der Waals surface area contributed by atoms with Crippen LogP contribution in [0.4, 0.5) is 13.2 Å². The molecule has 1 atom stereocenters. The second kappa shape index (κ2) is 9.73. The number of nitrogens with one attached hydrogen (secondary N) is 1. The third-order valence-corrected chi connectivity index (χ3v) is 5.70. The lowest BCUT2D eigenvalue weighted by molar-refractivity contribution is -0.275. The van der Waals surface area contributed by atoms with E-state index in [0.29, 0.717) is 23.2 Å². The number of rotatable bonds is 7. The van der Waals surface area contributed by atoms with Crippen molar-refractivity contribution in [3.63, 3.8) is 0 Å². The number of hydrogen-bond donors (Lipinski definition) is 1. The highest BCUT2D eigenvalue weighted by Crippen LogP contribution is 2.49. The van der Waals surface area contributed by atoms with Gasteiger partial charge < -0.3 is 10.2 Å². The van der Waals surface area contributed by atoms with Crippen LogP contribution in [0.5, 0.6) is 0 Å². The zero-order valence-electron chi connectivity index (χ0n) is 17.9. The summed E-state index contributed by atoms with van der Waals surface area (Å²) < 4.78 is 42.4. The summed E-state index contributed by atoms with van der Waals surface area (Å²) in [6.07, 6.45) is -4.96. The van der Waals surface area contributed by atoms with Crippen molar-refractivity contribution in [2.45, 2.75) is 44.9 Å². The highest BCUT2D eigenvalue weighted by atomic mass is 35.5. The zero-order valence-corrected chi connectivity index (χ0v) is 19.4. The molecule has 1 unspecified atom stereocenters. The van der Waals surface area contributed by atoms with E-state index in [4.69, 9.17) is 28.0 Å². The summed E-state index contributed by atoms with van der Waals surface area (Å²) in [5.74, 6) is -0.760. The van der Waals surface area contributed by atoms with E-state index in [-0.39, 0.29) is 39.4 Å². The van der Waals surface area contributed by atoms with Crippen molar-refractivity contribution in [3.05, 3.63) is 68.7 Å². The van der Waals surface area contributed by atoms with Crippen LogP contribution < -0.4 is 5.32 Å². The highest BCUT2D eigenvalue weighted by molar-refractivity contribution is 6.34. The molecule has 3 rings (SSSR count). The van der Waals surface area contributed by atoms with Crippen molar-refractivity contribution in [3.8, 4) is 0 Å². The Labute approximate surface area is 198 Å². The number of amides is 1. The Morgan fingerprint density at radius 1 is 1.15 bits per heavy atom. The van der Waals surface area contributed by atoms with E-state index in [2.05, 4.69) is 10.5 Å². The van der Waals surface area contributed by atoms with E-state index in [1.807, 2.05) is 6.92 Å². The molecule has 0 aromatic heterocycles. The summed E-state index contributed by atoms with van der Waals surface area (Å²) in [6.45, 7) is 4.02. The largest absolute Gasteiger partial charge is 0.435 e. The van der Waals surface area contributed by atoms with E-state index in [9.17, 15) is 22.8 Å². The molecule has 176 valence electrons. The van der Waals surface area contributed by atoms with Crippen molar-refractivity contribution in [2.24, 2.45) is 5.16 Å². The molecule has 5 nitrogen and oxygen atoms in total. The van der Waals surface area contributed by atoms with Gasteiger partial charge >= 0.3 is 6.18 Å². The summed E-state index contributed by atoms with van der Waals surface area (Å²) in [7, 11) is 0. The minimum absolute atomic E-state index is 0.0415. The Morgan fingerprint density at radius 3 is 2.39 bits per heavy atom. The molecule has 33 heavy (non-hydrogen) atoms. The third kappa shape index (κ3) is 5.33. The maximum absolute atomic E-state index is 14.1. The molecule has 0 saturated carbocycles. The Morgan fingerprint density at radius 2 is 1.82 bits per heavy atom. The molecule has 2 aromatic rings. The number of aryl methyl sites for hydroxylation is 1. The van der Waals surface area contributed by atoms with Crippen LogP contribution in [0.1, 0.15) is 53.2 Å². The van der Waals surface area contributed by atoms with E-state index in [1.54, 1.807) is 13.0 Å². The number of oxime groups is 1. The highest BCUT2D eigenvalue weighted by Gasteiger charge is 2.62. The van der Waals surface area contributed by atoms with Gasteiger partial charge in [0.05, 0.1) is 12.1 Å². The SMILES string of the molecule is CCCNC(=O)CC(=O)c1ccc(C2=NOC(c3cc(Cl)cc(Cl)c3)(C(F)(F)F)C2)cc1C. The Hall–Kier alpha value is -2.58. The minimum atomic E-state index is -4.80. The number of Topliss-reactive ketones (excluding diaryl/α,β-unsaturated/α-hetero) is 1. The molecule has 0 spiro atoms. The number of alkyl halides is 3. The number of benzene rings is 2. The molecule has 0 aliphatic carbocycles. The molecule has 0 radical (unpaired) electrons. The smallest absolute Gasteiger partial charge is 0.374 e. The van der Waals surface area contributed by atoms with Crippen LogP contribution in [0.2, 0.25) is 10.0 Å². The van der Waals surface area contributed by atoms with Crippen molar-refractivity contribution in [1.82, 2.24) is 5.32 Å². The van der Waals surface area contributed by atoms with Gasteiger partial charge in [-0.05, 0) is 48.7 Å². The minimum Gasteiger partial charge on any atom is -0.374 e. The number of carbonyl (C=O) groups is 2. The summed E-state index contributed by atoms with van der Waals surface area (Å²) in [5.41, 5.74) is -1.73. The van der Waals surface area contributed by atoms with Crippen LogP contribution in [-0.4, -0.2) is 30.1 Å². The summed E-state index contributed by atoms with van der Waals surface area (Å²) in [4.78, 5) is 29.3. The fourth-order valence-electron chi connectivity index (χ4n) is 3.57. The molecule has 0 saturated heterocycles. The molecule has 1 amide bonds. The average Bonchev–Trinajstić information content (AvgIpc) is 3.18. The Kier molecular flexibility index (Phi) is 7.39. The predicted molar refractivity (Wildman–Crippen MR) is 120 cm³/mol. The summed E-state index contributed by atoms with van der Waals surface area (Å²) in [6, 6.07) is 8.15. The Balaban J connectivity index is 1.85. The van der Waals surface area contributed by atoms with Crippen LogP contribution in [0.15, 0.2) is 41.6 Å². The van der Waals surface area contributed by atoms with Gasteiger partial charge in [-0.2, -0.15) is 13.2 Å². The number of hydrogen-bond acceptors (Lipinski definition) is 4. The second-order valence-corrected chi connectivity index (χ2v) is 8.64. The van der Waals surface area contributed by atoms with Gasteiger partial charge in [-0.15, -0.1) is 0 Å². The molecule has 1 aliphatic heterocycles. The molecular weight excluding hydrogens is 480 g/mol. The van der Waals surface area contributed by atoms with E-state index < -0.39 is 18.2 Å². The normalized spacial score (nSPS) is 18.0. The lowest BCUT2D eigenvalue weighted by Gasteiger charge is -2.29. The first-order valence-electron chi connectivity index (χ1n) is 10.2. The van der Waals surface area contributed by atoms with Gasteiger partial charge in [0.25, 0.3) is 5.60 Å². The molecular formula is C23H21Cl2F3N2O3. The molecule has 0 bridgehead atoms. The van der Waals surface area contributed by atoms with Crippen molar-refractivity contribution in [2.75, 3.05) is 6.54 Å². The van der Waals surface area contributed by atoms with E-state index >= 15 is 0 Å². The van der Waals surface area contributed by atoms with E-state index in [0.717, 1.165) is 18.6 Å². The summed E-state index contributed by atoms with van der Waals surface area (Å²) >= 11 is 11.8. The molecule has 2 aromatic carbocycles. The Bertz CT molecular complexity index is 1100. The fourth-order valence-corrected chi connectivity index (χ4v) is 4.10. The van der Waals surface area contributed by atoms with Crippen molar-refractivity contribution in [1.29, 1.82) is 0 Å². The van der Waals surface area contributed by atoms with Gasteiger partial charge in [0.1, 0.15) is 0 Å². The predicted octanol–water partition coefficient (Wildman–Crippen LogP) is 5.98. The van der Waals surface area contributed by atoms with Crippen LogP contribution >= 0.6 is 23.2 Å². The summed E-state index contributed by atoms with van der Waals surface area (Å²) in [5, 5.41) is 6.44. The quantitative estimate of drug-likeness (QED) is 0.375. The van der Waals surface area contributed by atoms with Crippen molar-refractivity contribution < 1.29 is 27.6 Å². The zero-order chi connectivity index (χ0) is 24.4. The van der Waals surface area contributed by atoms with Gasteiger partial charge in [0.15, 0.2) is 5.78 Å². The van der Waals surface area contributed by atoms with Gasteiger partial charge in [-0.25, -0.2) is 0 Å². The van der Waals surface area contributed by atoms with Gasteiger partial charge in [-0.1, -0.05) is 47.4 Å². The third-order valence-electron chi connectivity index (χ3n) is 5.27. The lowest BCUT2D eigenvalue weighted by atomic mass is 9.86. The van der Waals surface area contributed by atoms with Crippen LogP contribution in [0, 0.1) is 6.92 Å². The second-order valence-electron chi connectivity index (χ2n) is 7.77. The maximum atomic E-state index is 14.1. The first kappa shape index (κ1) is 25.1. The molecule has 1 N–H and O–H groups in total.